The summed E-state index contributed by atoms with van der Waals surface area (Å²) in [6, 6.07) is 3.44. The first-order valence-corrected chi connectivity index (χ1v) is 5.26. The van der Waals surface area contributed by atoms with E-state index in [4.69, 9.17) is 5.11 Å². The first-order valence-electron chi connectivity index (χ1n) is 5.26. The molecule has 1 atom stereocenters. The molecule has 0 radical (unpaired) electrons. The lowest BCUT2D eigenvalue weighted by Crippen LogP contribution is -2.36. The summed E-state index contributed by atoms with van der Waals surface area (Å²) in [4.78, 5) is 11.7. The number of aromatic nitrogens is 1. The Morgan fingerprint density at radius 3 is 3.00 bits per heavy atom. The maximum absolute atomic E-state index is 11.7. The van der Waals surface area contributed by atoms with Crippen LogP contribution in [0.4, 0.5) is 0 Å². The third-order valence-corrected chi connectivity index (χ3v) is 2.18. The second-order valence-electron chi connectivity index (χ2n) is 3.64. The smallest absolute Gasteiger partial charge is 0.268 e. The average Bonchev–Trinajstić information content (AvgIpc) is 2.66. The van der Waals surface area contributed by atoms with E-state index in [0.29, 0.717) is 5.69 Å². The molecule has 0 aliphatic carbocycles. The molecule has 1 amide bonds. The number of carbonyl (C=O) groups is 1. The van der Waals surface area contributed by atoms with Crippen LogP contribution < -0.4 is 5.32 Å². The standard InChI is InChI=1S/C11H18N2O2/c1-3-6-13-7-4-5-10(13)11(15)12-9(2)8-14/h4-5,7,9,14H,3,6,8H2,1-2H3,(H,12,15)/t9-/m1/s1. The summed E-state index contributed by atoms with van der Waals surface area (Å²) < 4.78 is 1.92. The summed E-state index contributed by atoms with van der Waals surface area (Å²) in [5, 5.41) is 11.6. The van der Waals surface area contributed by atoms with Gasteiger partial charge in [0.05, 0.1) is 6.61 Å². The van der Waals surface area contributed by atoms with E-state index in [1.807, 2.05) is 16.8 Å². The lowest BCUT2D eigenvalue weighted by molar-refractivity contribution is 0.0913. The molecule has 0 unspecified atom stereocenters. The van der Waals surface area contributed by atoms with Crippen LogP contribution >= 0.6 is 0 Å². The topological polar surface area (TPSA) is 54.3 Å². The summed E-state index contributed by atoms with van der Waals surface area (Å²) in [5.74, 6) is -0.130. The minimum atomic E-state index is -0.206. The number of rotatable bonds is 5. The van der Waals surface area contributed by atoms with Gasteiger partial charge in [-0.1, -0.05) is 6.92 Å². The van der Waals surface area contributed by atoms with Crippen molar-refractivity contribution in [3.05, 3.63) is 24.0 Å². The van der Waals surface area contributed by atoms with Crippen molar-refractivity contribution in [3.63, 3.8) is 0 Å². The first kappa shape index (κ1) is 11.8. The molecule has 0 saturated carbocycles. The minimum absolute atomic E-state index is 0.0414. The molecule has 0 aliphatic heterocycles. The second kappa shape index (κ2) is 5.56. The zero-order valence-electron chi connectivity index (χ0n) is 9.23. The molecular formula is C11H18N2O2. The molecule has 4 nitrogen and oxygen atoms in total. The van der Waals surface area contributed by atoms with Crippen LogP contribution in [0.25, 0.3) is 0 Å². The molecule has 0 saturated heterocycles. The molecule has 1 aromatic rings. The highest BCUT2D eigenvalue weighted by Gasteiger charge is 2.12. The maximum Gasteiger partial charge on any atom is 0.268 e. The van der Waals surface area contributed by atoms with Crippen LogP contribution in [0.15, 0.2) is 18.3 Å². The van der Waals surface area contributed by atoms with E-state index in [1.54, 1.807) is 13.0 Å². The number of nitrogens with zero attached hydrogens (tertiary/aromatic N) is 1. The van der Waals surface area contributed by atoms with Gasteiger partial charge in [0.25, 0.3) is 5.91 Å². The lowest BCUT2D eigenvalue weighted by Gasteiger charge is -2.12. The van der Waals surface area contributed by atoms with Gasteiger partial charge in [-0.2, -0.15) is 0 Å². The van der Waals surface area contributed by atoms with E-state index >= 15 is 0 Å². The molecule has 0 bridgehead atoms. The van der Waals surface area contributed by atoms with Crippen molar-refractivity contribution in [2.24, 2.45) is 0 Å². The number of amides is 1. The third-order valence-electron chi connectivity index (χ3n) is 2.18. The van der Waals surface area contributed by atoms with Crippen LogP contribution in [0.5, 0.6) is 0 Å². The highest BCUT2D eigenvalue weighted by molar-refractivity contribution is 5.92. The molecule has 1 heterocycles. The average molecular weight is 210 g/mol. The lowest BCUT2D eigenvalue weighted by atomic mass is 10.3. The van der Waals surface area contributed by atoms with Gasteiger partial charge in [-0.25, -0.2) is 0 Å². The Bertz CT molecular complexity index is 320. The van der Waals surface area contributed by atoms with E-state index in [-0.39, 0.29) is 18.6 Å². The number of aryl methyl sites for hydroxylation is 1. The molecule has 0 aliphatic rings. The number of hydrogen-bond donors (Lipinski definition) is 2. The van der Waals surface area contributed by atoms with Crippen LogP contribution in [0, 0.1) is 0 Å². The van der Waals surface area contributed by atoms with Gasteiger partial charge in [-0.05, 0) is 25.5 Å². The Kier molecular flexibility index (Phi) is 4.37. The van der Waals surface area contributed by atoms with Gasteiger partial charge in [0.15, 0.2) is 0 Å². The van der Waals surface area contributed by atoms with Gasteiger partial charge in [-0.3, -0.25) is 4.79 Å². The Labute approximate surface area is 89.9 Å². The predicted octanol–water partition coefficient (Wildman–Crippen LogP) is 1.01. The minimum Gasteiger partial charge on any atom is -0.394 e. The van der Waals surface area contributed by atoms with E-state index in [2.05, 4.69) is 12.2 Å². The van der Waals surface area contributed by atoms with Crippen molar-refractivity contribution in [2.45, 2.75) is 32.9 Å². The highest BCUT2D eigenvalue weighted by atomic mass is 16.3. The van der Waals surface area contributed by atoms with Crippen LogP contribution in [0.2, 0.25) is 0 Å². The Morgan fingerprint density at radius 1 is 1.67 bits per heavy atom. The fourth-order valence-corrected chi connectivity index (χ4v) is 1.40. The fraction of sp³-hybridized carbons (Fsp3) is 0.545. The third kappa shape index (κ3) is 3.09. The maximum atomic E-state index is 11.7. The summed E-state index contributed by atoms with van der Waals surface area (Å²) in [6.07, 6.45) is 2.88. The van der Waals surface area contributed by atoms with Crippen LogP contribution in [-0.4, -0.2) is 28.2 Å². The molecule has 84 valence electrons. The summed E-state index contributed by atoms with van der Waals surface area (Å²) in [7, 11) is 0. The molecule has 2 N–H and O–H groups in total. The highest BCUT2D eigenvalue weighted by Crippen LogP contribution is 2.03. The fourth-order valence-electron chi connectivity index (χ4n) is 1.40. The van der Waals surface area contributed by atoms with E-state index in [1.165, 1.54) is 0 Å². The number of aliphatic hydroxyl groups is 1. The molecule has 0 aromatic carbocycles. The Balaban J connectivity index is 2.68. The largest absolute Gasteiger partial charge is 0.394 e. The Hall–Kier alpha value is -1.29. The number of hydrogen-bond acceptors (Lipinski definition) is 2. The number of aliphatic hydroxyl groups excluding tert-OH is 1. The quantitative estimate of drug-likeness (QED) is 0.762. The Morgan fingerprint density at radius 2 is 2.40 bits per heavy atom. The zero-order valence-corrected chi connectivity index (χ0v) is 9.23. The molecule has 4 heteroatoms. The molecule has 15 heavy (non-hydrogen) atoms. The summed E-state index contributed by atoms with van der Waals surface area (Å²) >= 11 is 0. The van der Waals surface area contributed by atoms with Gasteiger partial charge >= 0.3 is 0 Å². The van der Waals surface area contributed by atoms with Crippen LogP contribution in [0.1, 0.15) is 30.8 Å². The normalized spacial score (nSPS) is 12.5. The van der Waals surface area contributed by atoms with Gasteiger partial charge in [0, 0.05) is 18.8 Å². The molecule has 0 fully saturated rings. The molecule has 1 aromatic heterocycles. The summed E-state index contributed by atoms with van der Waals surface area (Å²) in [6.45, 7) is 4.63. The monoisotopic (exact) mass is 210 g/mol. The number of nitrogens with one attached hydrogen (secondary N) is 1. The first-order chi connectivity index (χ1) is 7.19. The van der Waals surface area contributed by atoms with Crippen molar-refractivity contribution in [1.82, 2.24) is 9.88 Å². The van der Waals surface area contributed by atoms with Gasteiger partial charge in [0.1, 0.15) is 5.69 Å². The van der Waals surface area contributed by atoms with Gasteiger partial charge in [0.2, 0.25) is 0 Å². The van der Waals surface area contributed by atoms with Crippen molar-refractivity contribution < 1.29 is 9.90 Å². The van der Waals surface area contributed by atoms with E-state index in [0.717, 1.165) is 13.0 Å². The van der Waals surface area contributed by atoms with Crippen molar-refractivity contribution >= 4 is 5.91 Å². The van der Waals surface area contributed by atoms with Gasteiger partial charge < -0.3 is 15.0 Å². The molecule has 0 spiro atoms. The van der Waals surface area contributed by atoms with E-state index < -0.39 is 0 Å². The van der Waals surface area contributed by atoms with Gasteiger partial charge in [-0.15, -0.1) is 0 Å². The number of carbonyl (C=O) groups excluding carboxylic acids is 1. The second-order valence-corrected chi connectivity index (χ2v) is 3.64. The van der Waals surface area contributed by atoms with Crippen molar-refractivity contribution in [3.8, 4) is 0 Å². The predicted molar refractivity (Wildman–Crippen MR) is 58.7 cm³/mol. The SMILES string of the molecule is CCCn1cccc1C(=O)N[C@H](C)CO. The van der Waals surface area contributed by atoms with Crippen LogP contribution in [-0.2, 0) is 6.54 Å². The zero-order chi connectivity index (χ0) is 11.3. The van der Waals surface area contributed by atoms with Crippen LogP contribution in [0.3, 0.4) is 0 Å². The van der Waals surface area contributed by atoms with E-state index in [9.17, 15) is 4.79 Å². The summed E-state index contributed by atoms with van der Waals surface area (Å²) in [5.41, 5.74) is 0.650. The molecular weight excluding hydrogens is 192 g/mol. The molecule has 1 rings (SSSR count). The van der Waals surface area contributed by atoms with Crippen molar-refractivity contribution in [2.75, 3.05) is 6.61 Å². The van der Waals surface area contributed by atoms with Crippen molar-refractivity contribution in [1.29, 1.82) is 0 Å².